The van der Waals surface area contributed by atoms with Gasteiger partial charge >= 0.3 is 5.97 Å². The molecule has 1 heterocycles. The maximum atomic E-state index is 12.8. The summed E-state index contributed by atoms with van der Waals surface area (Å²) in [5, 5.41) is 0.910. The van der Waals surface area contributed by atoms with Crippen LogP contribution in [0.4, 0.5) is 0 Å². The van der Waals surface area contributed by atoms with Crippen LogP contribution in [0.15, 0.2) is 36.4 Å². The third-order valence-electron chi connectivity index (χ3n) is 3.77. The summed E-state index contributed by atoms with van der Waals surface area (Å²) in [6.07, 6.45) is 0. The molecule has 0 fully saturated rings. The number of benzene rings is 2. The number of rotatable bonds is 4. The van der Waals surface area contributed by atoms with Crippen LogP contribution in [0.1, 0.15) is 34.3 Å². The fourth-order valence-corrected chi connectivity index (χ4v) is 3.01. The van der Waals surface area contributed by atoms with E-state index in [-0.39, 0.29) is 25.0 Å². The van der Waals surface area contributed by atoms with Crippen molar-refractivity contribution in [1.82, 2.24) is 0 Å². The molecule has 0 spiro atoms. The minimum absolute atomic E-state index is 0.134. The molecule has 6 heteroatoms. The van der Waals surface area contributed by atoms with Crippen molar-refractivity contribution in [2.45, 2.75) is 12.8 Å². The van der Waals surface area contributed by atoms with E-state index >= 15 is 0 Å². The van der Waals surface area contributed by atoms with Crippen molar-refractivity contribution in [3.63, 3.8) is 0 Å². The Kier molecular flexibility index (Phi) is 4.78. The van der Waals surface area contributed by atoms with E-state index in [1.54, 1.807) is 43.3 Å². The molecular formula is C18H14Cl2O4. The summed E-state index contributed by atoms with van der Waals surface area (Å²) in [4.78, 5) is 24.8. The molecule has 0 saturated heterocycles. The van der Waals surface area contributed by atoms with E-state index in [0.717, 1.165) is 0 Å². The Morgan fingerprint density at radius 2 is 1.88 bits per heavy atom. The topological polar surface area (TPSA) is 52.6 Å². The average molecular weight is 365 g/mol. The lowest BCUT2D eigenvalue weighted by atomic mass is 9.95. The van der Waals surface area contributed by atoms with Gasteiger partial charge in [0.2, 0.25) is 0 Å². The Morgan fingerprint density at radius 3 is 2.54 bits per heavy atom. The van der Waals surface area contributed by atoms with Crippen LogP contribution in [0, 0.1) is 0 Å². The minimum atomic E-state index is -0.574. The quantitative estimate of drug-likeness (QED) is 0.600. The van der Waals surface area contributed by atoms with E-state index in [4.69, 9.17) is 32.7 Å². The predicted octanol–water partition coefficient (Wildman–Crippen LogP) is 4.26. The van der Waals surface area contributed by atoms with Gasteiger partial charge in [0.15, 0.2) is 5.78 Å². The number of ketones is 1. The lowest BCUT2D eigenvalue weighted by Crippen LogP contribution is -2.17. The van der Waals surface area contributed by atoms with E-state index in [0.29, 0.717) is 32.5 Å². The molecule has 1 aliphatic heterocycles. The fourth-order valence-electron chi connectivity index (χ4n) is 2.65. The fraction of sp³-hybridized carbons (Fsp3) is 0.222. The first-order valence-electron chi connectivity index (χ1n) is 7.44. The number of hydrogen-bond donors (Lipinski definition) is 0. The number of carbonyl (C=O) groups is 2. The number of carbonyl (C=O) groups excluding carboxylic acids is 2. The summed E-state index contributed by atoms with van der Waals surface area (Å²) >= 11 is 12.0. The van der Waals surface area contributed by atoms with Gasteiger partial charge in [-0.3, -0.25) is 9.59 Å². The first-order chi connectivity index (χ1) is 11.5. The zero-order valence-electron chi connectivity index (χ0n) is 12.8. The van der Waals surface area contributed by atoms with Gasteiger partial charge in [0.05, 0.1) is 12.2 Å². The molecule has 0 radical (unpaired) electrons. The van der Waals surface area contributed by atoms with Gasteiger partial charge in [-0.2, -0.15) is 0 Å². The Bertz CT molecular complexity index is 799. The number of hydrogen-bond acceptors (Lipinski definition) is 4. The SMILES string of the molecule is CCOC(=O)[C@H]1COc2c(C(=O)c3ccc(Cl)cc3)cc(Cl)cc21. The summed E-state index contributed by atoms with van der Waals surface area (Å²) in [6, 6.07) is 9.74. The Hall–Kier alpha value is -2.04. The third kappa shape index (κ3) is 3.12. The molecule has 2 aromatic rings. The van der Waals surface area contributed by atoms with Crippen molar-refractivity contribution in [2.75, 3.05) is 13.2 Å². The highest BCUT2D eigenvalue weighted by Gasteiger charge is 2.35. The maximum Gasteiger partial charge on any atom is 0.317 e. The molecule has 0 aliphatic carbocycles. The molecule has 124 valence electrons. The standard InChI is InChI=1S/C18H14Cl2O4/c1-2-23-18(22)15-9-24-17-13(15)7-12(20)8-14(17)16(21)10-3-5-11(19)6-4-10/h3-8,15H,2,9H2,1H3/t15-/m0/s1. The van der Waals surface area contributed by atoms with E-state index in [2.05, 4.69) is 0 Å². The molecule has 0 aromatic heterocycles. The molecule has 0 unspecified atom stereocenters. The normalized spacial score (nSPS) is 15.5. The number of fused-ring (bicyclic) bond motifs is 1. The predicted molar refractivity (Wildman–Crippen MR) is 91.2 cm³/mol. The minimum Gasteiger partial charge on any atom is -0.491 e. The van der Waals surface area contributed by atoms with Crippen molar-refractivity contribution in [3.8, 4) is 5.75 Å². The first kappa shape index (κ1) is 16.8. The lowest BCUT2D eigenvalue weighted by molar-refractivity contribution is -0.145. The summed E-state index contributed by atoms with van der Waals surface area (Å²) in [5.41, 5.74) is 1.37. The van der Waals surface area contributed by atoms with Crippen LogP contribution < -0.4 is 4.74 Å². The molecule has 0 saturated carbocycles. The molecule has 0 amide bonds. The summed E-state index contributed by atoms with van der Waals surface area (Å²) in [7, 11) is 0. The Morgan fingerprint density at radius 1 is 1.17 bits per heavy atom. The molecule has 4 nitrogen and oxygen atoms in total. The van der Waals surface area contributed by atoms with Crippen LogP contribution in [0.25, 0.3) is 0 Å². The van der Waals surface area contributed by atoms with Crippen LogP contribution in [-0.2, 0) is 9.53 Å². The monoisotopic (exact) mass is 364 g/mol. The van der Waals surface area contributed by atoms with Crippen LogP contribution in [0.3, 0.4) is 0 Å². The molecule has 1 atom stereocenters. The summed E-state index contributed by atoms with van der Waals surface area (Å²) in [5.74, 6) is -0.814. The van der Waals surface area contributed by atoms with Gasteiger partial charge in [0.25, 0.3) is 0 Å². The Balaban J connectivity index is 2.02. The van der Waals surface area contributed by atoms with Gasteiger partial charge < -0.3 is 9.47 Å². The first-order valence-corrected chi connectivity index (χ1v) is 8.20. The van der Waals surface area contributed by atoms with Crippen LogP contribution in [-0.4, -0.2) is 25.0 Å². The van der Waals surface area contributed by atoms with Gasteiger partial charge in [-0.1, -0.05) is 23.2 Å². The summed E-state index contributed by atoms with van der Waals surface area (Å²) < 4.78 is 10.7. The van der Waals surface area contributed by atoms with Gasteiger partial charge in [-0.05, 0) is 43.3 Å². The maximum absolute atomic E-state index is 12.8. The highest BCUT2D eigenvalue weighted by molar-refractivity contribution is 6.32. The zero-order chi connectivity index (χ0) is 17.3. The van der Waals surface area contributed by atoms with E-state index in [9.17, 15) is 9.59 Å². The number of halogens is 2. The highest BCUT2D eigenvalue weighted by Crippen LogP contribution is 2.40. The van der Waals surface area contributed by atoms with Crippen LogP contribution in [0.2, 0.25) is 10.0 Å². The zero-order valence-corrected chi connectivity index (χ0v) is 14.4. The second-order valence-electron chi connectivity index (χ2n) is 5.32. The van der Waals surface area contributed by atoms with Crippen molar-refractivity contribution in [2.24, 2.45) is 0 Å². The molecule has 24 heavy (non-hydrogen) atoms. The third-order valence-corrected chi connectivity index (χ3v) is 4.24. The van der Waals surface area contributed by atoms with Crippen molar-refractivity contribution >= 4 is 35.0 Å². The lowest BCUT2D eigenvalue weighted by Gasteiger charge is -2.10. The van der Waals surface area contributed by atoms with E-state index in [1.807, 2.05) is 0 Å². The number of esters is 1. The second kappa shape index (κ2) is 6.83. The smallest absolute Gasteiger partial charge is 0.317 e. The van der Waals surface area contributed by atoms with E-state index in [1.165, 1.54) is 0 Å². The molecular weight excluding hydrogens is 351 g/mol. The second-order valence-corrected chi connectivity index (χ2v) is 6.20. The molecule has 2 aromatic carbocycles. The molecule has 0 N–H and O–H groups in total. The Labute approximate surface area is 149 Å². The number of ether oxygens (including phenoxy) is 2. The molecule has 3 rings (SSSR count). The van der Waals surface area contributed by atoms with Gasteiger partial charge in [0.1, 0.15) is 18.3 Å². The van der Waals surface area contributed by atoms with E-state index < -0.39 is 5.92 Å². The van der Waals surface area contributed by atoms with Gasteiger partial charge in [0, 0.05) is 21.2 Å². The van der Waals surface area contributed by atoms with Gasteiger partial charge in [-0.25, -0.2) is 0 Å². The molecule has 0 bridgehead atoms. The van der Waals surface area contributed by atoms with Crippen molar-refractivity contribution in [1.29, 1.82) is 0 Å². The highest BCUT2D eigenvalue weighted by atomic mass is 35.5. The molecule has 1 aliphatic rings. The van der Waals surface area contributed by atoms with Crippen molar-refractivity contribution < 1.29 is 19.1 Å². The summed E-state index contributed by atoms with van der Waals surface area (Å²) in [6.45, 7) is 2.15. The largest absolute Gasteiger partial charge is 0.491 e. The van der Waals surface area contributed by atoms with Crippen LogP contribution >= 0.6 is 23.2 Å². The van der Waals surface area contributed by atoms with Crippen molar-refractivity contribution in [3.05, 3.63) is 63.1 Å². The van der Waals surface area contributed by atoms with Crippen LogP contribution in [0.5, 0.6) is 5.75 Å². The van der Waals surface area contributed by atoms with Gasteiger partial charge in [-0.15, -0.1) is 0 Å². The average Bonchev–Trinajstić information content (AvgIpc) is 2.98.